The van der Waals surface area contributed by atoms with Crippen molar-refractivity contribution in [2.45, 2.75) is 51.6 Å². The Balaban J connectivity index is 1.49. The number of aromatic nitrogens is 1. The number of carbonyl (C=O) groups is 2. The van der Waals surface area contributed by atoms with Crippen molar-refractivity contribution in [3.05, 3.63) is 52.9 Å². The highest BCUT2D eigenvalue weighted by Crippen LogP contribution is 2.34. The van der Waals surface area contributed by atoms with Gasteiger partial charge in [0.1, 0.15) is 0 Å². The van der Waals surface area contributed by atoms with Crippen LogP contribution in [0.1, 0.15) is 41.8 Å². The summed E-state index contributed by atoms with van der Waals surface area (Å²) >= 11 is 0. The van der Waals surface area contributed by atoms with Gasteiger partial charge < -0.3 is 4.52 Å². The van der Waals surface area contributed by atoms with Crippen LogP contribution in [0.15, 0.2) is 34.9 Å². The fraction of sp³-hybridized carbons (Fsp3) is 0.476. The zero-order valence-electron chi connectivity index (χ0n) is 16.4. The molecular formula is C21H26N4O3. The zero-order chi connectivity index (χ0) is 19.7. The lowest BCUT2D eigenvalue weighted by molar-refractivity contribution is -0.142. The van der Waals surface area contributed by atoms with Gasteiger partial charge in [0.25, 0.3) is 0 Å². The predicted octanol–water partition coefficient (Wildman–Crippen LogP) is 2.13. The minimum absolute atomic E-state index is 0.0629. The van der Waals surface area contributed by atoms with E-state index in [0.717, 1.165) is 42.0 Å². The van der Waals surface area contributed by atoms with E-state index in [-0.39, 0.29) is 18.2 Å². The summed E-state index contributed by atoms with van der Waals surface area (Å²) in [5.41, 5.74) is 5.29. The van der Waals surface area contributed by atoms with Crippen LogP contribution in [0, 0.1) is 13.8 Å². The van der Waals surface area contributed by atoms with E-state index in [9.17, 15) is 9.59 Å². The Morgan fingerprint density at radius 2 is 2.07 bits per heavy atom. The molecule has 148 valence electrons. The number of nitrogens with one attached hydrogen (secondary N) is 1. The second kappa shape index (κ2) is 7.39. The number of carbonyl (C=O) groups excluding carboxylic acids is 2. The number of rotatable bonds is 4. The molecule has 1 unspecified atom stereocenters. The summed E-state index contributed by atoms with van der Waals surface area (Å²) < 4.78 is 5.35. The quantitative estimate of drug-likeness (QED) is 0.876. The van der Waals surface area contributed by atoms with Gasteiger partial charge in [-0.2, -0.15) is 0 Å². The van der Waals surface area contributed by atoms with Gasteiger partial charge >= 0.3 is 0 Å². The number of hydrogen-bond acceptors (Lipinski definition) is 5. The molecule has 2 aliphatic rings. The normalized spacial score (nSPS) is 22.6. The highest BCUT2D eigenvalue weighted by Gasteiger charge is 2.50. The first-order valence-electron chi connectivity index (χ1n) is 9.76. The van der Waals surface area contributed by atoms with Crippen LogP contribution in [0.2, 0.25) is 0 Å². The molecule has 7 nitrogen and oxygen atoms in total. The van der Waals surface area contributed by atoms with E-state index >= 15 is 0 Å². The second-order valence-electron chi connectivity index (χ2n) is 8.08. The summed E-state index contributed by atoms with van der Waals surface area (Å²) in [6, 6.07) is 9.87. The number of hydrogen-bond donors (Lipinski definition) is 1. The van der Waals surface area contributed by atoms with Gasteiger partial charge in [-0.15, -0.1) is 0 Å². The third-order valence-electron chi connectivity index (χ3n) is 5.62. The van der Waals surface area contributed by atoms with Gasteiger partial charge in [0.2, 0.25) is 11.8 Å². The van der Waals surface area contributed by atoms with Gasteiger partial charge in [-0.25, -0.2) is 5.01 Å². The van der Waals surface area contributed by atoms with E-state index in [0.29, 0.717) is 19.5 Å². The lowest BCUT2D eigenvalue weighted by Gasteiger charge is -2.44. The van der Waals surface area contributed by atoms with Crippen molar-refractivity contribution in [2.24, 2.45) is 0 Å². The maximum Gasteiger partial charge on any atom is 0.245 e. The van der Waals surface area contributed by atoms with E-state index in [1.165, 1.54) is 0 Å². The first kappa shape index (κ1) is 18.7. The summed E-state index contributed by atoms with van der Waals surface area (Å²) in [6.45, 7) is 6.11. The SMILES string of the molecule is Cc1ccc(CC(=O)N2NC(=O)CC23CCCN(Cc2cc(C)no2)C3)cc1. The molecule has 0 radical (unpaired) electrons. The standard InChI is InChI=1S/C21H26N4O3/c1-15-4-6-17(7-5-15)11-20(27)25-21(12-19(26)22-25)8-3-9-24(14-21)13-18-10-16(2)23-28-18/h4-7,10H,3,8-9,11-14H2,1-2H3,(H,22,26). The van der Waals surface area contributed by atoms with Crippen LogP contribution < -0.4 is 5.43 Å². The van der Waals surface area contributed by atoms with Crippen LogP contribution in [0.3, 0.4) is 0 Å². The maximum absolute atomic E-state index is 13.1. The van der Waals surface area contributed by atoms with Crippen LogP contribution in [-0.2, 0) is 22.6 Å². The lowest BCUT2D eigenvalue weighted by Crippen LogP contribution is -2.59. The molecule has 4 rings (SSSR count). The summed E-state index contributed by atoms with van der Waals surface area (Å²) in [7, 11) is 0. The Kier molecular flexibility index (Phi) is 4.93. The van der Waals surface area contributed by atoms with E-state index in [1.807, 2.05) is 44.2 Å². The van der Waals surface area contributed by atoms with E-state index in [1.54, 1.807) is 5.01 Å². The minimum atomic E-state index is -0.494. The summed E-state index contributed by atoms with van der Waals surface area (Å²) in [4.78, 5) is 27.5. The smallest absolute Gasteiger partial charge is 0.245 e. The molecule has 1 spiro atoms. The van der Waals surface area contributed by atoms with Gasteiger partial charge in [0, 0.05) is 12.6 Å². The number of benzene rings is 1. The third kappa shape index (κ3) is 3.80. The van der Waals surface area contributed by atoms with Crippen molar-refractivity contribution in [2.75, 3.05) is 13.1 Å². The number of piperidine rings is 1. The second-order valence-corrected chi connectivity index (χ2v) is 8.08. The molecule has 28 heavy (non-hydrogen) atoms. The molecule has 7 heteroatoms. The van der Waals surface area contributed by atoms with Crippen LogP contribution >= 0.6 is 0 Å². The van der Waals surface area contributed by atoms with Gasteiger partial charge in [0.15, 0.2) is 5.76 Å². The Hall–Kier alpha value is -2.67. The Bertz CT molecular complexity index is 876. The fourth-order valence-corrected chi connectivity index (χ4v) is 4.33. The molecule has 1 atom stereocenters. The number of amides is 2. The minimum Gasteiger partial charge on any atom is -0.360 e. The van der Waals surface area contributed by atoms with Crippen molar-refractivity contribution in [3.63, 3.8) is 0 Å². The highest BCUT2D eigenvalue weighted by atomic mass is 16.5. The maximum atomic E-state index is 13.1. The first-order chi connectivity index (χ1) is 13.4. The van der Waals surface area contributed by atoms with E-state index < -0.39 is 5.54 Å². The van der Waals surface area contributed by atoms with Gasteiger partial charge in [-0.05, 0) is 38.8 Å². The average molecular weight is 382 g/mol. The Labute approximate surface area is 164 Å². The number of hydrazine groups is 1. The Morgan fingerprint density at radius 3 is 2.79 bits per heavy atom. The number of likely N-dealkylation sites (tertiary alicyclic amines) is 1. The predicted molar refractivity (Wildman–Crippen MR) is 103 cm³/mol. The monoisotopic (exact) mass is 382 g/mol. The van der Waals surface area contributed by atoms with Crippen LogP contribution in [0.5, 0.6) is 0 Å². The fourth-order valence-electron chi connectivity index (χ4n) is 4.33. The summed E-state index contributed by atoms with van der Waals surface area (Å²) in [5.74, 6) is 0.658. The molecule has 2 fully saturated rings. The molecule has 2 amide bonds. The third-order valence-corrected chi connectivity index (χ3v) is 5.62. The topological polar surface area (TPSA) is 78.7 Å². The molecular weight excluding hydrogens is 356 g/mol. The summed E-state index contributed by atoms with van der Waals surface area (Å²) in [6.07, 6.45) is 2.37. The molecule has 2 saturated heterocycles. The van der Waals surface area contributed by atoms with Crippen molar-refractivity contribution >= 4 is 11.8 Å². The zero-order valence-corrected chi connectivity index (χ0v) is 16.4. The Morgan fingerprint density at radius 1 is 1.29 bits per heavy atom. The number of aryl methyl sites for hydroxylation is 2. The average Bonchev–Trinajstić information content (AvgIpc) is 3.20. The van der Waals surface area contributed by atoms with E-state index in [2.05, 4.69) is 15.5 Å². The molecule has 0 saturated carbocycles. The van der Waals surface area contributed by atoms with Crippen molar-refractivity contribution in [1.29, 1.82) is 0 Å². The number of nitrogens with zero attached hydrogens (tertiary/aromatic N) is 3. The molecule has 0 aliphatic carbocycles. The van der Waals surface area contributed by atoms with Crippen LogP contribution in [0.25, 0.3) is 0 Å². The van der Waals surface area contributed by atoms with Crippen molar-refractivity contribution in [1.82, 2.24) is 20.5 Å². The molecule has 2 aromatic rings. The summed E-state index contributed by atoms with van der Waals surface area (Å²) in [5, 5.41) is 5.55. The molecule has 3 heterocycles. The lowest BCUT2D eigenvalue weighted by atomic mass is 9.85. The van der Waals surface area contributed by atoms with E-state index in [4.69, 9.17) is 4.52 Å². The molecule has 0 bridgehead atoms. The highest BCUT2D eigenvalue weighted by molar-refractivity contribution is 5.88. The van der Waals surface area contributed by atoms with Gasteiger partial charge in [0.05, 0.1) is 30.6 Å². The largest absolute Gasteiger partial charge is 0.360 e. The molecule has 1 aromatic carbocycles. The van der Waals surface area contributed by atoms with Crippen molar-refractivity contribution < 1.29 is 14.1 Å². The molecule has 2 aliphatic heterocycles. The van der Waals surface area contributed by atoms with Crippen LogP contribution in [-0.4, -0.2) is 45.5 Å². The van der Waals surface area contributed by atoms with Crippen LogP contribution in [0.4, 0.5) is 0 Å². The van der Waals surface area contributed by atoms with Crippen molar-refractivity contribution in [3.8, 4) is 0 Å². The van der Waals surface area contributed by atoms with Gasteiger partial charge in [-0.1, -0.05) is 35.0 Å². The first-order valence-corrected chi connectivity index (χ1v) is 9.76. The molecule has 1 N–H and O–H groups in total. The molecule has 1 aromatic heterocycles. The van der Waals surface area contributed by atoms with Gasteiger partial charge in [-0.3, -0.25) is 19.9 Å².